The van der Waals surface area contributed by atoms with Crippen LogP contribution in [0, 0.1) is 0 Å². The van der Waals surface area contributed by atoms with E-state index in [4.69, 9.17) is 21.1 Å². The summed E-state index contributed by atoms with van der Waals surface area (Å²) in [6.45, 7) is 5.33. The molecule has 9 heteroatoms. The molecule has 3 aromatic rings. The highest BCUT2D eigenvalue weighted by atomic mass is 35.5. The molecular weight excluding hydrogens is 464 g/mol. The number of anilines is 1. The van der Waals surface area contributed by atoms with Gasteiger partial charge in [-0.15, -0.1) is 0 Å². The molecule has 3 aromatic carbocycles. The molecule has 0 aliphatic carbocycles. The molecule has 7 nitrogen and oxygen atoms in total. The van der Waals surface area contributed by atoms with Crippen molar-refractivity contribution >= 4 is 33.2 Å². The lowest BCUT2D eigenvalue weighted by Crippen LogP contribution is -2.40. The van der Waals surface area contributed by atoms with Crippen LogP contribution in [0.4, 0.5) is 5.69 Å². The maximum Gasteiger partial charge on any atom is 0.262 e. The first-order valence-electron chi connectivity index (χ1n) is 10.3. The number of halogens is 1. The lowest BCUT2D eigenvalue weighted by Gasteiger charge is -2.17. The highest BCUT2D eigenvalue weighted by Crippen LogP contribution is 2.33. The van der Waals surface area contributed by atoms with Crippen LogP contribution in [0.2, 0.25) is 5.02 Å². The highest BCUT2D eigenvalue weighted by Gasteiger charge is 2.19. The monoisotopic (exact) mass is 488 g/mol. The van der Waals surface area contributed by atoms with Crippen LogP contribution in [0.25, 0.3) is 0 Å². The average Bonchev–Trinajstić information content (AvgIpc) is 2.76. The number of rotatable bonds is 9. The fraction of sp³-hybridized carbons (Fsp3) is 0.208. The summed E-state index contributed by atoms with van der Waals surface area (Å²) in [5.41, 5.74) is 0.200. The summed E-state index contributed by atoms with van der Waals surface area (Å²) in [6.07, 6.45) is -0.725. The number of hydrogen-bond donors (Lipinski definition) is 2. The Kier molecular flexibility index (Phi) is 7.84. The van der Waals surface area contributed by atoms with E-state index in [0.29, 0.717) is 22.3 Å². The molecule has 33 heavy (non-hydrogen) atoms. The summed E-state index contributed by atoms with van der Waals surface area (Å²) in [4.78, 5) is 12.0. The molecule has 0 heterocycles. The molecule has 0 unspecified atom stereocenters. The second-order valence-corrected chi connectivity index (χ2v) is 9.67. The number of carbonyl (C=O) groups is 1. The van der Waals surface area contributed by atoms with E-state index in [1.807, 2.05) is 32.0 Å². The molecule has 3 rings (SSSR count). The van der Waals surface area contributed by atoms with Crippen LogP contribution in [0.15, 0.2) is 77.7 Å². The van der Waals surface area contributed by atoms with Crippen molar-refractivity contribution in [3.63, 3.8) is 0 Å². The third-order valence-electron chi connectivity index (χ3n) is 4.40. The van der Waals surface area contributed by atoms with Crippen molar-refractivity contribution < 1.29 is 22.7 Å². The predicted molar refractivity (Wildman–Crippen MR) is 129 cm³/mol. The van der Waals surface area contributed by atoms with Crippen LogP contribution in [-0.4, -0.2) is 26.5 Å². The van der Waals surface area contributed by atoms with Crippen molar-refractivity contribution in [2.75, 3.05) is 4.72 Å². The molecule has 0 aromatic heterocycles. The zero-order chi connectivity index (χ0) is 24.0. The van der Waals surface area contributed by atoms with Crippen molar-refractivity contribution in [2.45, 2.75) is 37.8 Å². The van der Waals surface area contributed by atoms with Crippen molar-refractivity contribution in [3.8, 4) is 17.2 Å². The molecule has 174 valence electrons. The first-order valence-corrected chi connectivity index (χ1v) is 12.1. The molecule has 1 atom stereocenters. The van der Waals surface area contributed by atoms with Gasteiger partial charge in [0, 0.05) is 11.1 Å². The molecule has 0 saturated heterocycles. The largest absolute Gasteiger partial charge is 0.481 e. The van der Waals surface area contributed by atoms with Gasteiger partial charge in [-0.1, -0.05) is 29.8 Å². The molecule has 0 spiro atoms. The van der Waals surface area contributed by atoms with Gasteiger partial charge < -0.3 is 14.8 Å². The first kappa shape index (κ1) is 24.4. The Morgan fingerprint density at radius 3 is 2.21 bits per heavy atom. The smallest absolute Gasteiger partial charge is 0.262 e. The number of amides is 1. The maximum absolute atomic E-state index is 13.0. The van der Waals surface area contributed by atoms with Gasteiger partial charge in [0.2, 0.25) is 0 Å². The third-order valence-corrected chi connectivity index (χ3v) is 6.02. The average molecular weight is 489 g/mol. The number of carbonyl (C=O) groups excluding carboxylic acids is 1. The van der Waals surface area contributed by atoms with Crippen LogP contribution < -0.4 is 19.5 Å². The minimum atomic E-state index is -3.95. The standard InChI is InChI=1S/C24H25ClN2O5S/c1-16(2)26-24(28)17(3)31-20-10-12-21(13-11-20)33(29,30)27-22-15-18(25)9-14-23(22)32-19-7-5-4-6-8-19/h4-17,27H,1-3H3,(H,26,28)/t17-/m1/s1. The summed E-state index contributed by atoms with van der Waals surface area (Å²) in [5, 5.41) is 3.11. The number of ether oxygens (including phenoxy) is 2. The van der Waals surface area contributed by atoms with Crippen LogP contribution in [0.1, 0.15) is 20.8 Å². The molecule has 0 fully saturated rings. The van der Waals surface area contributed by atoms with Gasteiger partial charge in [-0.25, -0.2) is 8.42 Å². The normalized spacial score (nSPS) is 12.2. The van der Waals surface area contributed by atoms with Gasteiger partial charge >= 0.3 is 0 Å². The van der Waals surface area contributed by atoms with Crippen molar-refractivity contribution in [3.05, 3.63) is 77.8 Å². The van der Waals surface area contributed by atoms with Crippen molar-refractivity contribution in [1.82, 2.24) is 5.32 Å². The predicted octanol–water partition coefficient (Wildman–Crippen LogP) is 5.23. The van der Waals surface area contributed by atoms with E-state index in [2.05, 4.69) is 10.0 Å². The number of sulfonamides is 1. The minimum Gasteiger partial charge on any atom is -0.481 e. The number of para-hydroxylation sites is 1. The van der Waals surface area contributed by atoms with E-state index in [-0.39, 0.29) is 22.5 Å². The maximum atomic E-state index is 13.0. The van der Waals surface area contributed by atoms with Crippen LogP contribution in [0.5, 0.6) is 17.2 Å². The molecule has 0 saturated carbocycles. The molecule has 0 bridgehead atoms. The second-order valence-electron chi connectivity index (χ2n) is 7.56. The van der Waals surface area contributed by atoms with E-state index < -0.39 is 16.1 Å². The fourth-order valence-electron chi connectivity index (χ4n) is 2.85. The topological polar surface area (TPSA) is 93.7 Å². The summed E-state index contributed by atoms with van der Waals surface area (Å²) in [5.74, 6) is 0.975. The van der Waals surface area contributed by atoms with Crippen LogP contribution >= 0.6 is 11.6 Å². The molecule has 1 amide bonds. The number of hydrogen-bond acceptors (Lipinski definition) is 5. The van der Waals surface area contributed by atoms with Crippen LogP contribution in [0.3, 0.4) is 0 Å². The summed E-state index contributed by atoms with van der Waals surface area (Å²) < 4.78 is 39.9. The van der Waals surface area contributed by atoms with E-state index in [9.17, 15) is 13.2 Å². The summed E-state index contributed by atoms with van der Waals surface area (Å²) in [6, 6.07) is 19.4. The quantitative estimate of drug-likeness (QED) is 0.430. The zero-order valence-electron chi connectivity index (χ0n) is 18.4. The van der Waals surface area contributed by atoms with E-state index in [1.54, 1.807) is 31.2 Å². The molecule has 0 aliphatic heterocycles. The zero-order valence-corrected chi connectivity index (χ0v) is 20.0. The Morgan fingerprint density at radius 2 is 1.58 bits per heavy atom. The molecule has 0 radical (unpaired) electrons. The molecule has 0 aliphatic rings. The van der Waals surface area contributed by atoms with Crippen LogP contribution in [-0.2, 0) is 14.8 Å². The van der Waals surface area contributed by atoms with Gasteiger partial charge in [0.15, 0.2) is 11.9 Å². The Hall–Kier alpha value is -3.23. The van der Waals surface area contributed by atoms with Gasteiger partial charge in [0.1, 0.15) is 11.5 Å². The third kappa shape index (κ3) is 6.87. The fourth-order valence-corrected chi connectivity index (χ4v) is 4.08. The SMILES string of the molecule is CC(C)NC(=O)[C@@H](C)Oc1ccc(S(=O)(=O)Nc2cc(Cl)ccc2Oc2ccccc2)cc1. The number of nitrogens with one attached hydrogen (secondary N) is 2. The molecular formula is C24H25ClN2O5S. The Morgan fingerprint density at radius 1 is 0.909 bits per heavy atom. The van der Waals surface area contributed by atoms with E-state index in [0.717, 1.165) is 0 Å². The summed E-state index contributed by atoms with van der Waals surface area (Å²) in [7, 11) is -3.95. The van der Waals surface area contributed by atoms with E-state index in [1.165, 1.54) is 30.3 Å². The van der Waals surface area contributed by atoms with E-state index >= 15 is 0 Å². The summed E-state index contributed by atoms with van der Waals surface area (Å²) >= 11 is 6.08. The molecule has 2 N–H and O–H groups in total. The minimum absolute atomic E-state index is 0.00982. The second kappa shape index (κ2) is 10.6. The van der Waals surface area contributed by atoms with Crippen molar-refractivity contribution in [2.24, 2.45) is 0 Å². The van der Waals surface area contributed by atoms with Crippen molar-refractivity contribution in [1.29, 1.82) is 0 Å². The Labute approximate surface area is 198 Å². The lowest BCUT2D eigenvalue weighted by atomic mass is 10.3. The Balaban J connectivity index is 1.76. The van der Waals surface area contributed by atoms with Gasteiger partial charge in [0.25, 0.3) is 15.9 Å². The number of benzene rings is 3. The first-order chi connectivity index (χ1) is 15.6. The van der Waals surface area contributed by atoms with Gasteiger partial charge in [-0.2, -0.15) is 0 Å². The van der Waals surface area contributed by atoms with Gasteiger partial charge in [0.05, 0.1) is 10.6 Å². The van der Waals surface area contributed by atoms with Gasteiger partial charge in [-0.05, 0) is 75.4 Å². The highest BCUT2D eigenvalue weighted by molar-refractivity contribution is 7.92. The lowest BCUT2D eigenvalue weighted by molar-refractivity contribution is -0.127. The Bertz CT molecular complexity index is 1200. The van der Waals surface area contributed by atoms with Gasteiger partial charge in [-0.3, -0.25) is 9.52 Å².